The number of nitrogens with one attached hydrogen (secondary N) is 2. The maximum absolute atomic E-state index is 5.97. The fourth-order valence-corrected chi connectivity index (χ4v) is 10.4. The summed E-state index contributed by atoms with van der Waals surface area (Å²) in [5.74, 6) is 2.87. The molecule has 4 nitrogen and oxygen atoms in total. The van der Waals surface area contributed by atoms with Crippen molar-refractivity contribution < 1.29 is 9.97 Å². The number of rotatable bonds is 4. The number of aryl methyl sites for hydroxylation is 11. The van der Waals surface area contributed by atoms with Crippen molar-refractivity contribution in [1.29, 1.82) is 0 Å². The van der Waals surface area contributed by atoms with E-state index in [2.05, 4.69) is 189 Å². The van der Waals surface area contributed by atoms with Gasteiger partial charge in [-0.2, -0.15) is 0 Å². The second-order valence-corrected chi connectivity index (χ2v) is 17.5. The molecule has 0 unspecified atom stereocenters. The molecule has 300 valence electrons. The minimum atomic E-state index is 0. The van der Waals surface area contributed by atoms with Crippen molar-refractivity contribution >= 4 is 69.4 Å². The van der Waals surface area contributed by atoms with Gasteiger partial charge in [-0.3, -0.25) is 0 Å². The molecule has 3 aromatic heterocycles. The number of nitrogens with zero attached hydrogens (tertiary/aromatic N) is 2. The number of hydrogen-bond acceptors (Lipinski definition) is 0. The molecule has 7 aromatic rings. The van der Waals surface area contributed by atoms with E-state index in [-0.39, 0.29) is 23.1 Å². The minimum Gasteiger partial charge on any atom is -0.656 e. The van der Waals surface area contributed by atoms with E-state index in [0.29, 0.717) is 0 Å². The summed E-state index contributed by atoms with van der Waals surface area (Å²) < 4.78 is 0. The molecule has 0 saturated heterocycles. The van der Waals surface area contributed by atoms with E-state index < -0.39 is 0 Å². The van der Waals surface area contributed by atoms with Gasteiger partial charge in [-0.25, -0.2) is 9.97 Å². The van der Waals surface area contributed by atoms with Crippen LogP contribution in [0.3, 0.4) is 0 Å². The van der Waals surface area contributed by atoms with Gasteiger partial charge in [0.25, 0.3) is 0 Å². The van der Waals surface area contributed by atoms with Gasteiger partial charge in [0.1, 0.15) is 0 Å². The van der Waals surface area contributed by atoms with Gasteiger partial charge in [0, 0.05) is 52.1 Å². The van der Waals surface area contributed by atoms with Crippen molar-refractivity contribution in [2.75, 3.05) is 0 Å². The molecule has 4 aromatic carbocycles. The van der Waals surface area contributed by atoms with E-state index in [1.54, 1.807) is 0 Å². The van der Waals surface area contributed by atoms with Gasteiger partial charge in [-0.15, -0.1) is 28.5 Å². The number of aromatic amines is 2. The zero-order valence-corrected chi connectivity index (χ0v) is 39.3. The molecule has 0 fully saturated rings. The largest absolute Gasteiger partial charge is 2.00 e. The number of terminal acetylenes is 1. The molecule has 0 atom stereocenters. The molecule has 0 saturated carbocycles. The van der Waals surface area contributed by atoms with Gasteiger partial charge >= 0.3 is 23.1 Å². The standard InChI is InChI=1S/C57H50N4.Mg/c1-13-41-28-39(11)53(40(12)29-41)57-48-20-18-46(60-48)55(51-35(7)24-31(3)25-36(51)8)44-16-14-42(58-44)54(50-33(5)22-30(2)23-34(50)6)43-15-17-45(59-43)56(47-19-21-49(57)61-47)52-37(9)26-32(4)27-38(52)10;/h1,14-29H,2-12H3;/q-2;+2/p+2. The van der Waals surface area contributed by atoms with Gasteiger partial charge in [-0.05, 0) is 155 Å². The second kappa shape index (κ2) is 16.3. The summed E-state index contributed by atoms with van der Waals surface area (Å²) in [6.45, 7) is 24.1. The quantitative estimate of drug-likeness (QED) is 0.131. The number of H-pyrrole nitrogens is 2. The van der Waals surface area contributed by atoms with Crippen LogP contribution in [0.1, 0.15) is 89.5 Å². The van der Waals surface area contributed by atoms with Crippen LogP contribution in [0.4, 0.5) is 0 Å². The minimum absolute atomic E-state index is 0. The van der Waals surface area contributed by atoms with Gasteiger partial charge in [0.2, 0.25) is 22.8 Å². The second-order valence-electron chi connectivity index (χ2n) is 17.5. The van der Waals surface area contributed by atoms with Crippen molar-refractivity contribution in [3.05, 3.63) is 162 Å². The molecule has 0 spiro atoms. The molecule has 2 aliphatic rings. The van der Waals surface area contributed by atoms with Crippen molar-refractivity contribution in [2.45, 2.75) is 76.2 Å². The van der Waals surface area contributed by atoms with Crippen LogP contribution in [-0.4, -0.2) is 23.1 Å². The van der Waals surface area contributed by atoms with E-state index in [1.807, 2.05) is 0 Å². The molecule has 9 rings (SSSR count). The summed E-state index contributed by atoms with van der Waals surface area (Å²) in [6, 6.07) is 26.6. The molecule has 5 heteroatoms. The fraction of sp³-hybridized carbons (Fsp3) is 0.193. The first kappa shape index (κ1) is 42.5. The Bertz CT molecular complexity index is 3170. The molecule has 2 aliphatic heterocycles. The first-order chi connectivity index (χ1) is 29.2. The normalized spacial score (nSPS) is 11.8. The number of aromatic nitrogens is 4. The number of benzene rings is 4. The van der Waals surface area contributed by atoms with E-state index in [4.69, 9.17) is 16.4 Å². The van der Waals surface area contributed by atoms with Crippen LogP contribution in [0, 0.1) is 88.5 Å². The molecule has 8 bridgehead atoms. The van der Waals surface area contributed by atoms with Gasteiger partial charge in [0.05, 0.1) is 0 Å². The van der Waals surface area contributed by atoms with Crippen LogP contribution in [0.5, 0.6) is 0 Å². The van der Waals surface area contributed by atoms with Crippen molar-refractivity contribution in [3.63, 3.8) is 0 Å². The monoisotopic (exact) mass is 816 g/mol. The summed E-state index contributed by atoms with van der Waals surface area (Å²) in [5, 5.41) is 0. The predicted molar refractivity (Wildman–Crippen MR) is 262 cm³/mol. The van der Waals surface area contributed by atoms with E-state index in [9.17, 15) is 0 Å². The summed E-state index contributed by atoms with van der Waals surface area (Å²) in [5.41, 5.74) is 30.5. The van der Waals surface area contributed by atoms with E-state index in [0.717, 1.165) is 89.4 Å². The number of fused-ring (bicyclic) bond motifs is 8. The first-order valence-electron chi connectivity index (χ1n) is 21.2. The molecule has 0 amide bonds. The van der Waals surface area contributed by atoms with Crippen LogP contribution in [0.25, 0.3) is 90.9 Å². The first-order valence-corrected chi connectivity index (χ1v) is 21.2. The Kier molecular flexibility index (Phi) is 11.1. The average molecular weight is 817 g/mol. The van der Waals surface area contributed by atoms with Gasteiger partial charge in [0.15, 0.2) is 0 Å². The summed E-state index contributed by atoms with van der Waals surface area (Å²) in [4.78, 5) is 19.2. The fourth-order valence-electron chi connectivity index (χ4n) is 10.4. The Balaban J connectivity index is 0.00000529. The zero-order chi connectivity index (χ0) is 43.0. The van der Waals surface area contributed by atoms with Crippen molar-refractivity contribution in [1.82, 2.24) is 9.97 Å². The molecule has 0 radical (unpaired) electrons. The van der Waals surface area contributed by atoms with Crippen molar-refractivity contribution in [3.8, 4) is 56.9 Å². The van der Waals surface area contributed by atoms with E-state index in [1.165, 1.54) is 66.8 Å². The third-order valence-electron chi connectivity index (χ3n) is 12.5. The van der Waals surface area contributed by atoms with Crippen molar-refractivity contribution in [2.24, 2.45) is 0 Å². The Morgan fingerprint density at radius 3 is 0.806 bits per heavy atom. The topological polar surface area (TPSA) is 56.5 Å². The van der Waals surface area contributed by atoms with E-state index >= 15 is 0 Å². The maximum Gasteiger partial charge on any atom is 2.00 e. The van der Waals surface area contributed by atoms with Crippen LogP contribution in [0.2, 0.25) is 0 Å². The predicted octanol–water partition coefficient (Wildman–Crippen LogP) is 12.4. The molecule has 5 heterocycles. The summed E-state index contributed by atoms with van der Waals surface area (Å²) in [7, 11) is 0. The third kappa shape index (κ3) is 7.26. The molecular weight excluding hydrogens is 765 g/mol. The Hall–Kier alpha value is -6.19. The Morgan fingerprint density at radius 1 is 0.355 bits per heavy atom. The smallest absolute Gasteiger partial charge is 0.656 e. The van der Waals surface area contributed by atoms with Gasteiger partial charge in [-0.1, -0.05) is 83.3 Å². The van der Waals surface area contributed by atoms with Crippen LogP contribution < -0.4 is 19.9 Å². The van der Waals surface area contributed by atoms with Crippen LogP contribution in [-0.2, 0) is 0 Å². The zero-order valence-electron chi connectivity index (χ0n) is 37.9. The molecule has 0 aliphatic carbocycles. The van der Waals surface area contributed by atoms with Crippen LogP contribution >= 0.6 is 0 Å². The Morgan fingerprint density at radius 2 is 0.581 bits per heavy atom. The third-order valence-corrected chi connectivity index (χ3v) is 12.5. The maximum atomic E-state index is 5.97. The summed E-state index contributed by atoms with van der Waals surface area (Å²) in [6.07, 6.45) is 14.8. The molecular formula is C57H52MgN4+2. The molecule has 62 heavy (non-hydrogen) atoms. The average Bonchev–Trinajstić information content (AvgIpc) is 4.02. The van der Waals surface area contributed by atoms with Gasteiger partial charge < -0.3 is 9.97 Å². The number of hydrogen-bond donors (Lipinski definition) is 0. The summed E-state index contributed by atoms with van der Waals surface area (Å²) >= 11 is 0. The Labute approximate surface area is 382 Å². The SMILES string of the molecule is C#Cc1cc(C)c(-c2c3[nH+]c(c(-c4c(C)cc(C)cc4C)c4ccc([n-]4)c(-c4c(C)cc(C)cc4C)c4[nH+]c(c(-c5c(C)cc(C)cc5C)c5ccc2[n-]5)C=C4)C=C3)c(C)c1.[Mg+2]. The van der Waals surface area contributed by atoms with Crippen LogP contribution in [0.15, 0.2) is 72.8 Å². The molecule has 2 N–H and O–H groups in total.